The van der Waals surface area contributed by atoms with Crippen molar-refractivity contribution in [1.82, 2.24) is 14.5 Å². The Morgan fingerprint density at radius 3 is 2.58 bits per heavy atom. The molecule has 2 N–H and O–H groups in total. The van der Waals surface area contributed by atoms with Crippen molar-refractivity contribution in [3.05, 3.63) is 89.0 Å². The normalized spacial score (nSPS) is 10.5. The van der Waals surface area contributed by atoms with Gasteiger partial charge in [-0.25, -0.2) is 9.97 Å². The molecule has 4 aromatic rings. The van der Waals surface area contributed by atoms with Crippen LogP contribution in [0.4, 0.5) is 5.95 Å². The number of nitrogens with two attached hydrogens (primary N) is 1. The second-order valence-electron chi connectivity index (χ2n) is 5.84. The summed E-state index contributed by atoms with van der Waals surface area (Å²) >= 11 is 0. The van der Waals surface area contributed by atoms with E-state index in [1.54, 1.807) is 16.8 Å². The third-order valence-corrected chi connectivity index (χ3v) is 4.14. The number of hydrogen-bond acceptors (Lipinski definition) is 4. The van der Waals surface area contributed by atoms with Gasteiger partial charge >= 0.3 is 0 Å². The largest absolute Gasteiger partial charge is 0.368 e. The van der Waals surface area contributed by atoms with E-state index < -0.39 is 0 Å². The zero-order valence-electron chi connectivity index (χ0n) is 13.5. The first kappa shape index (κ1) is 17.4. The second kappa shape index (κ2) is 7.19. The molecule has 0 unspecified atom stereocenters. The summed E-state index contributed by atoms with van der Waals surface area (Å²) in [6.45, 7) is 0.555. The molecule has 0 aliphatic rings. The Labute approximate surface area is 151 Å². The van der Waals surface area contributed by atoms with Crippen LogP contribution in [-0.2, 0) is 6.54 Å². The molecule has 0 bridgehead atoms. The van der Waals surface area contributed by atoms with Crippen LogP contribution in [-0.4, -0.2) is 14.5 Å². The summed E-state index contributed by atoms with van der Waals surface area (Å²) in [4.78, 5) is 20.9. The van der Waals surface area contributed by atoms with Gasteiger partial charge in [-0.2, -0.15) is 0 Å². The van der Waals surface area contributed by atoms with Gasteiger partial charge in [0.05, 0.1) is 12.2 Å². The van der Waals surface area contributed by atoms with Gasteiger partial charge in [0.25, 0.3) is 5.56 Å². The van der Waals surface area contributed by atoms with Crippen LogP contribution in [0.25, 0.3) is 22.0 Å². The number of pyridine rings is 1. The van der Waals surface area contributed by atoms with Crippen molar-refractivity contribution in [2.45, 2.75) is 14.0 Å². The highest BCUT2D eigenvalue weighted by Gasteiger charge is 2.07. The average Bonchev–Trinajstić information content (AvgIpc) is 2.65. The zero-order chi connectivity index (χ0) is 17.2. The fourth-order valence-corrected chi connectivity index (χ4v) is 2.89. The van der Waals surface area contributed by atoms with Gasteiger partial charge in [-0.05, 0) is 35.2 Å². The number of fused-ring (bicyclic) bond motifs is 1. The van der Waals surface area contributed by atoms with Crippen molar-refractivity contribution in [1.29, 1.82) is 0 Å². The van der Waals surface area contributed by atoms with Crippen molar-refractivity contribution < 1.29 is 0 Å². The highest BCUT2D eigenvalue weighted by atomic mass is 16.1. The van der Waals surface area contributed by atoms with Gasteiger partial charge in [0.15, 0.2) is 0 Å². The first-order valence-electron chi connectivity index (χ1n) is 7.97. The smallest absolute Gasteiger partial charge is 0.258 e. The highest BCUT2D eigenvalue weighted by Crippen LogP contribution is 2.21. The van der Waals surface area contributed by atoms with Crippen molar-refractivity contribution >= 4 is 16.7 Å². The number of nitrogen functional groups attached to an aromatic ring is 1. The number of aromatic nitrogens is 3. The molecular weight excluding hydrogens is 324 g/mol. The third kappa shape index (κ3) is 3.32. The molecule has 130 valence electrons. The maximum Gasteiger partial charge on any atom is 0.258 e. The molecule has 0 aliphatic heterocycles. The van der Waals surface area contributed by atoms with Crippen LogP contribution in [0.15, 0.2) is 77.9 Å². The first-order chi connectivity index (χ1) is 12.2. The van der Waals surface area contributed by atoms with Gasteiger partial charge in [0.2, 0.25) is 5.95 Å². The molecule has 0 radical (unpaired) electrons. The molecular formula is C21H20N4O. The molecule has 2 aromatic carbocycles. The minimum Gasteiger partial charge on any atom is -0.368 e. The zero-order valence-corrected chi connectivity index (χ0v) is 13.5. The molecule has 0 spiro atoms. The van der Waals surface area contributed by atoms with Gasteiger partial charge < -0.3 is 10.3 Å². The van der Waals surface area contributed by atoms with Gasteiger partial charge in [-0.3, -0.25) is 4.79 Å². The molecule has 2 heterocycles. The van der Waals surface area contributed by atoms with Crippen LogP contribution in [0.2, 0.25) is 0 Å². The standard InChI is InChI=1S/C20H16N4O.CH4/c21-20-22-10-8-18(23-20)16-6-7-17-15(12-16)9-11-24(19(17)25)13-14-4-2-1-3-5-14;/h1-12H,13H2,(H2,21,22,23);1H4. The Hall–Kier alpha value is -3.47. The number of rotatable bonds is 3. The van der Waals surface area contributed by atoms with Gasteiger partial charge in [0.1, 0.15) is 0 Å². The SMILES string of the molecule is C.Nc1nccc(-c2ccc3c(=O)n(Cc4ccccc4)ccc3c2)n1. The second-order valence-corrected chi connectivity index (χ2v) is 5.84. The Kier molecular flexibility index (Phi) is 4.80. The predicted octanol–water partition coefficient (Wildman–Crippen LogP) is 3.73. The number of nitrogens with zero attached hydrogens (tertiary/aromatic N) is 3. The number of benzene rings is 2. The van der Waals surface area contributed by atoms with Crippen LogP contribution in [0.1, 0.15) is 13.0 Å². The fourth-order valence-electron chi connectivity index (χ4n) is 2.89. The molecule has 0 amide bonds. The minimum absolute atomic E-state index is 0. The first-order valence-corrected chi connectivity index (χ1v) is 7.97. The minimum atomic E-state index is -0.00453. The van der Waals surface area contributed by atoms with Crippen molar-refractivity contribution in [3.8, 4) is 11.3 Å². The molecule has 5 heteroatoms. The van der Waals surface area contributed by atoms with Crippen LogP contribution in [0, 0.1) is 0 Å². The lowest BCUT2D eigenvalue weighted by Gasteiger charge is -2.09. The molecule has 26 heavy (non-hydrogen) atoms. The van der Waals surface area contributed by atoms with Crippen molar-refractivity contribution in [2.75, 3.05) is 5.73 Å². The predicted molar refractivity (Wildman–Crippen MR) is 106 cm³/mol. The summed E-state index contributed by atoms with van der Waals surface area (Å²) in [5.74, 6) is 0.232. The molecule has 4 rings (SSSR count). The van der Waals surface area contributed by atoms with E-state index >= 15 is 0 Å². The lowest BCUT2D eigenvalue weighted by molar-refractivity contribution is 0.768. The maximum absolute atomic E-state index is 12.8. The summed E-state index contributed by atoms with van der Waals surface area (Å²) in [5.41, 5.74) is 8.38. The lowest BCUT2D eigenvalue weighted by Crippen LogP contribution is -2.19. The van der Waals surface area contributed by atoms with E-state index in [4.69, 9.17) is 5.73 Å². The highest BCUT2D eigenvalue weighted by molar-refractivity contribution is 5.86. The number of hydrogen-bond donors (Lipinski definition) is 1. The Bertz CT molecular complexity index is 1100. The topological polar surface area (TPSA) is 73.8 Å². The molecule has 0 fully saturated rings. The Balaban J connectivity index is 0.00000196. The monoisotopic (exact) mass is 344 g/mol. The van der Waals surface area contributed by atoms with Gasteiger partial charge in [-0.15, -0.1) is 0 Å². The molecule has 0 saturated heterocycles. The van der Waals surface area contributed by atoms with Gasteiger partial charge in [-0.1, -0.05) is 43.8 Å². The van der Waals surface area contributed by atoms with E-state index in [0.717, 1.165) is 22.2 Å². The van der Waals surface area contributed by atoms with Crippen LogP contribution in [0.5, 0.6) is 0 Å². The summed E-state index contributed by atoms with van der Waals surface area (Å²) in [6, 6.07) is 19.4. The van der Waals surface area contributed by atoms with E-state index in [1.807, 2.05) is 60.8 Å². The van der Waals surface area contributed by atoms with E-state index in [0.29, 0.717) is 11.9 Å². The average molecular weight is 344 g/mol. The van der Waals surface area contributed by atoms with Gasteiger partial charge in [0, 0.05) is 23.3 Å². The Morgan fingerprint density at radius 1 is 1.00 bits per heavy atom. The van der Waals surface area contributed by atoms with Crippen molar-refractivity contribution in [2.24, 2.45) is 0 Å². The molecule has 5 nitrogen and oxygen atoms in total. The van der Waals surface area contributed by atoms with E-state index in [9.17, 15) is 4.79 Å². The van der Waals surface area contributed by atoms with E-state index in [-0.39, 0.29) is 18.9 Å². The van der Waals surface area contributed by atoms with E-state index in [1.165, 1.54) is 0 Å². The van der Waals surface area contributed by atoms with Crippen LogP contribution >= 0.6 is 0 Å². The summed E-state index contributed by atoms with van der Waals surface area (Å²) in [5, 5.41) is 1.56. The van der Waals surface area contributed by atoms with E-state index in [2.05, 4.69) is 9.97 Å². The molecule has 0 atom stereocenters. The number of anilines is 1. The summed E-state index contributed by atoms with van der Waals surface area (Å²) in [7, 11) is 0. The Morgan fingerprint density at radius 2 is 1.81 bits per heavy atom. The lowest BCUT2D eigenvalue weighted by atomic mass is 10.1. The summed E-state index contributed by atoms with van der Waals surface area (Å²) in [6.07, 6.45) is 3.45. The molecule has 0 aliphatic carbocycles. The van der Waals surface area contributed by atoms with Crippen LogP contribution in [0.3, 0.4) is 0 Å². The quantitative estimate of drug-likeness (QED) is 0.614. The maximum atomic E-state index is 12.8. The molecule has 0 saturated carbocycles. The summed E-state index contributed by atoms with van der Waals surface area (Å²) < 4.78 is 1.72. The van der Waals surface area contributed by atoms with Crippen LogP contribution < -0.4 is 11.3 Å². The third-order valence-electron chi connectivity index (χ3n) is 4.14. The van der Waals surface area contributed by atoms with Crippen molar-refractivity contribution in [3.63, 3.8) is 0 Å². The fraction of sp³-hybridized carbons (Fsp3) is 0.0952. The molecule has 2 aromatic heterocycles.